The number of rotatable bonds is 5. The first-order valence-corrected chi connectivity index (χ1v) is 5.73. The minimum atomic E-state index is 0.478. The zero-order valence-corrected chi connectivity index (χ0v) is 10.4. The number of alkyl halides is 1. The largest absolute Gasteiger partial charge is 0.384 e. The SMILES string of the molecule is COCC(C)Cc1nnc(CBr)n1C. The molecule has 0 fully saturated rings. The summed E-state index contributed by atoms with van der Waals surface area (Å²) in [7, 11) is 3.71. The lowest BCUT2D eigenvalue weighted by molar-refractivity contribution is 0.158. The maximum atomic E-state index is 5.08. The highest BCUT2D eigenvalue weighted by atomic mass is 79.9. The lowest BCUT2D eigenvalue weighted by atomic mass is 10.1. The quantitative estimate of drug-likeness (QED) is 0.755. The molecule has 0 saturated carbocycles. The van der Waals surface area contributed by atoms with E-state index >= 15 is 0 Å². The summed E-state index contributed by atoms with van der Waals surface area (Å²) < 4.78 is 7.11. The van der Waals surface area contributed by atoms with Crippen molar-refractivity contribution in [1.82, 2.24) is 14.8 Å². The highest BCUT2D eigenvalue weighted by Gasteiger charge is 2.11. The fourth-order valence-electron chi connectivity index (χ4n) is 1.35. The van der Waals surface area contributed by atoms with Gasteiger partial charge >= 0.3 is 0 Å². The Bertz CT molecular complexity index is 288. The molecular formula is C9H16BrN3O. The van der Waals surface area contributed by atoms with E-state index in [4.69, 9.17) is 4.74 Å². The predicted molar refractivity (Wildman–Crippen MR) is 58.4 cm³/mol. The molecule has 0 saturated heterocycles. The van der Waals surface area contributed by atoms with Gasteiger partial charge in [0.15, 0.2) is 0 Å². The van der Waals surface area contributed by atoms with Gasteiger partial charge in [-0.25, -0.2) is 0 Å². The number of hydrogen-bond donors (Lipinski definition) is 0. The lowest BCUT2D eigenvalue weighted by Crippen LogP contribution is -2.11. The number of aromatic nitrogens is 3. The van der Waals surface area contributed by atoms with Crippen molar-refractivity contribution in [1.29, 1.82) is 0 Å². The molecule has 0 aliphatic carbocycles. The summed E-state index contributed by atoms with van der Waals surface area (Å²) in [5.41, 5.74) is 0. The average molecular weight is 262 g/mol. The molecule has 1 unspecified atom stereocenters. The number of methoxy groups -OCH3 is 1. The average Bonchev–Trinajstić information content (AvgIpc) is 2.48. The van der Waals surface area contributed by atoms with Crippen LogP contribution in [0.2, 0.25) is 0 Å². The molecule has 0 aromatic carbocycles. The van der Waals surface area contributed by atoms with Gasteiger partial charge in [0.1, 0.15) is 11.6 Å². The van der Waals surface area contributed by atoms with Crippen molar-refractivity contribution in [3.05, 3.63) is 11.6 Å². The number of halogens is 1. The second-order valence-corrected chi connectivity index (χ2v) is 4.05. The molecule has 0 amide bonds. The van der Waals surface area contributed by atoms with Crippen molar-refractivity contribution >= 4 is 15.9 Å². The van der Waals surface area contributed by atoms with Crippen molar-refractivity contribution in [3.8, 4) is 0 Å². The molecule has 1 heterocycles. The zero-order chi connectivity index (χ0) is 10.6. The van der Waals surface area contributed by atoms with Crippen molar-refractivity contribution in [3.63, 3.8) is 0 Å². The third kappa shape index (κ3) is 2.78. The summed E-state index contributed by atoms with van der Waals surface area (Å²) in [6, 6.07) is 0. The van der Waals surface area contributed by atoms with Gasteiger partial charge in [0.2, 0.25) is 0 Å². The first kappa shape index (κ1) is 11.7. The predicted octanol–water partition coefficient (Wildman–Crippen LogP) is 1.53. The third-order valence-electron chi connectivity index (χ3n) is 2.16. The van der Waals surface area contributed by atoms with E-state index in [0.29, 0.717) is 5.92 Å². The van der Waals surface area contributed by atoms with E-state index in [2.05, 4.69) is 33.1 Å². The van der Waals surface area contributed by atoms with Gasteiger partial charge in [0.25, 0.3) is 0 Å². The van der Waals surface area contributed by atoms with E-state index in [0.717, 1.165) is 30.0 Å². The normalized spacial score (nSPS) is 13.1. The second kappa shape index (κ2) is 5.46. The van der Waals surface area contributed by atoms with Gasteiger partial charge in [-0.05, 0) is 5.92 Å². The summed E-state index contributed by atoms with van der Waals surface area (Å²) in [5, 5.41) is 8.95. The molecule has 80 valence electrons. The Balaban J connectivity index is 2.62. The highest BCUT2D eigenvalue weighted by Crippen LogP contribution is 2.09. The Morgan fingerprint density at radius 2 is 2.07 bits per heavy atom. The van der Waals surface area contributed by atoms with Gasteiger partial charge < -0.3 is 9.30 Å². The Hall–Kier alpha value is -0.420. The summed E-state index contributed by atoms with van der Waals surface area (Å²) in [6.45, 7) is 2.91. The van der Waals surface area contributed by atoms with Gasteiger partial charge in [-0.2, -0.15) is 0 Å². The minimum Gasteiger partial charge on any atom is -0.384 e. The van der Waals surface area contributed by atoms with Crippen molar-refractivity contribution in [2.75, 3.05) is 13.7 Å². The molecule has 4 nitrogen and oxygen atoms in total. The third-order valence-corrected chi connectivity index (χ3v) is 2.66. The number of hydrogen-bond acceptors (Lipinski definition) is 3. The lowest BCUT2D eigenvalue weighted by Gasteiger charge is -2.09. The van der Waals surface area contributed by atoms with Gasteiger partial charge in [-0.3, -0.25) is 0 Å². The van der Waals surface area contributed by atoms with Crippen molar-refractivity contribution < 1.29 is 4.74 Å². The smallest absolute Gasteiger partial charge is 0.143 e. The fraction of sp³-hybridized carbons (Fsp3) is 0.778. The molecule has 1 rings (SSSR count). The summed E-state index contributed by atoms with van der Waals surface area (Å²) in [6.07, 6.45) is 0.907. The molecule has 0 spiro atoms. The Kier molecular flexibility index (Phi) is 4.54. The Morgan fingerprint density at radius 1 is 1.43 bits per heavy atom. The first-order chi connectivity index (χ1) is 6.69. The summed E-state index contributed by atoms with van der Waals surface area (Å²) >= 11 is 3.37. The van der Waals surface area contributed by atoms with Gasteiger partial charge in [0.05, 0.1) is 5.33 Å². The molecule has 0 aliphatic heterocycles. The summed E-state index contributed by atoms with van der Waals surface area (Å²) in [4.78, 5) is 0. The molecule has 1 aromatic rings. The molecular weight excluding hydrogens is 246 g/mol. The van der Waals surface area contributed by atoms with Crippen LogP contribution in [0.1, 0.15) is 18.6 Å². The maximum Gasteiger partial charge on any atom is 0.143 e. The van der Waals surface area contributed by atoms with Crippen LogP contribution in [0, 0.1) is 5.92 Å². The Morgan fingerprint density at radius 3 is 2.57 bits per heavy atom. The molecule has 0 radical (unpaired) electrons. The minimum absolute atomic E-state index is 0.478. The molecule has 0 aliphatic rings. The van der Waals surface area contributed by atoms with E-state index in [9.17, 15) is 0 Å². The Labute approximate surface area is 92.8 Å². The van der Waals surface area contributed by atoms with Crippen LogP contribution in [0.3, 0.4) is 0 Å². The molecule has 1 atom stereocenters. The molecule has 1 aromatic heterocycles. The van der Waals surface area contributed by atoms with E-state index in [1.807, 2.05) is 11.6 Å². The van der Waals surface area contributed by atoms with Crippen LogP contribution >= 0.6 is 15.9 Å². The zero-order valence-electron chi connectivity index (χ0n) is 8.83. The van der Waals surface area contributed by atoms with Crippen LogP contribution in [0.25, 0.3) is 0 Å². The highest BCUT2D eigenvalue weighted by molar-refractivity contribution is 9.08. The van der Waals surface area contributed by atoms with Crippen LogP contribution < -0.4 is 0 Å². The number of ether oxygens (including phenoxy) is 1. The van der Waals surface area contributed by atoms with Gasteiger partial charge in [-0.1, -0.05) is 22.9 Å². The monoisotopic (exact) mass is 261 g/mol. The van der Waals surface area contributed by atoms with Crippen LogP contribution in [-0.4, -0.2) is 28.5 Å². The molecule has 0 bridgehead atoms. The van der Waals surface area contributed by atoms with Crippen LogP contribution in [-0.2, 0) is 23.5 Å². The van der Waals surface area contributed by atoms with E-state index in [1.54, 1.807) is 7.11 Å². The molecule has 14 heavy (non-hydrogen) atoms. The first-order valence-electron chi connectivity index (χ1n) is 4.61. The topological polar surface area (TPSA) is 39.9 Å². The van der Waals surface area contributed by atoms with Crippen molar-refractivity contribution in [2.45, 2.75) is 18.7 Å². The fourth-order valence-corrected chi connectivity index (χ4v) is 1.84. The molecule has 0 N–H and O–H groups in total. The number of nitrogens with zero attached hydrogens (tertiary/aromatic N) is 3. The van der Waals surface area contributed by atoms with Crippen LogP contribution in [0.5, 0.6) is 0 Å². The van der Waals surface area contributed by atoms with E-state index < -0.39 is 0 Å². The van der Waals surface area contributed by atoms with Crippen LogP contribution in [0.15, 0.2) is 0 Å². The maximum absolute atomic E-state index is 5.08. The standard InChI is InChI=1S/C9H16BrN3O/c1-7(6-14-3)4-8-11-12-9(5-10)13(8)2/h7H,4-6H2,1-3H3. The molecule has 5 heteroatoms. The van der Waals surface area contributed by atoms with E-state index in [-0.39, 0.29) is 0 Å². The van der Waals surface area contributed by atoms with Gasteiger partial charge in [-0.15, -0.1) is 10.2 Å². The van der Waals surface area contributed by atoms with E-state index in [1.165, 1.54) is 0 Å². The van der Waals surface area contributed by atoms with Crippen molar-refractivity contribution in [2.24, 2.45) is 13.0 Å². The summed E-state index contributed by atoms with van der Waals surface area (Å²) in [5.74, 6) is 2.46. The van der Waals surface area contributed by atoms with Crippen LogP contribution in [0.4, 0.5) is 0 Å². The van der Waals surface area contributed by atoms with Gasteiger partial charge in [0, 0.05) is 27.2 Å². The second-order valence-electron chi connectivity index (χ2n) is 3.49.